The molecule has 0 aliphatic rings. The summed E-state index contributed by atoms with van der Waals surface area (Å²) < 4.78 is 2.53. The first-order valence-corrected chi connectivity index (χ1v) is 9.35. The van der Waals surface area contributed by atoms with Gasteiger partial charge in [0, 0.05) is 17.8 Å². The third-order valence-corrected chi connectivity index (χ3v) is 5.39. The van der Waals surface area contributed by atoms with Crippen LogP contribution >= 0.6 is 23.2 Å². The highest BCUT2D eigenvalue weighted by molar-refractivity contribution is 6.34. The van der Waals surface area contributed by atoms with Gasteiger partial charge in [-0.2, -0.15) is 10.2 Å². The maximum atomic E-state index is 13.0. The van der Waals surface area contributed by atoms with Crippen LogP contribution in [0.15, 0.2) is 39.9 Å². The van der Waals surface area contributed by atoms with E-state index in [1.165, 1.54) is 9.36 Å². The molecule has 142 valence electrons. The van der Waals surface area contributed by atoms with Gasteiger partial charge < -0.3 is 0 Å². The maximum absolute atomic E-state index is 13.0. The fourth-order valence-corrected chi connectivity index (χ4v) is 4.15. The van der Waals surface area contributed by atoms with Gasteiger partial charge in [0.1, 0.15) is 0 Å². The second-order valence-electron chi connectivity index (χ2n) is 6.81. The van der Waals surface area contributed by atoms with Gasteiger partial charge in [-0.05, 0) is 36.6 Å². The summed E-state index contributed by atoms with van der Waals surface area (Å²) in [4.78, 5) is 25.5. The molecule has 2 aromatic carbocycles. The van der Waals surface area contributed by atoms with E-state index in [0.717, 1.165) is 16.7 Å². The number of aromatic nitrogens is 4. The van der Waals surface area contributed by atoms with Gasteiger partial charge in [-0.3, -0.25) is 9.59 Å². The third-order valence-electron chi connectivity index (χ3n) is 4.85. The van der Waals surface area contributed by atoms with Gasteiger partial charge in [0.2, 0.25) is 0 Å². The fraction of sp³-hybridized carbons (Fsp3) is 0.200. The van der Waals surface area contributed by atoms with Gasteiger partial charge in [-0.1, -0.05) is 47.5 Å². The summed E-state index contributed by atoms with van der Waals surface area (Å²) in [6.07, 6.45) is 0. The van der Waals surface area contributed by atoms with Crippen molar-refractivity contribution in [2.75, 3.05) is 0 Å². The minimum absolute atomic E-state index is 0.183. The lowest BCUT2D eigenvalue weighted by molar-refractivity contribution is 0.647. The Hall–Kier alpha value is -2.70. The average Bonchev–Trinajstić information content (AvgIpc) is 2.63. The Kier molecular flexibility index (Phi) is 4.48. The Morgan fingerprint density at radius 1 is 0.893 bits per heavy atom. The van der Waals surface area contributed by atoms with Crippen molar-refractivity contribution in [1.29, 1.82) is 0 Å². The predicted octanol–water partition coefficient (Wildman–Crippen LogP) is 3.62. The van der Waals surface area contributed by atoms with Gasteiger partial charge in [0.25, 0.3) is 11.1 Å². The van der Waals surface area contributed by atoms with Crippen LogP contribution in [0, 0.1) is 13.8 Å². The summed E-state index contributed by atoms with van der Waals surface area (Å²) in [6, 6.07) is 9.09. The Bertz CT molecular complexity index is 1390. The molecular weight excluding hydrogens is 399 g/mol. The summed E-state index contributed by atoms with van der Waals surface area (Å²) in [5.41, 5.74) is 1.91. The second kappa shape index (κ2) is 6.72. The maximum Gasteiger partial charge on any atom is 0.275 e. The summed E-state index contributed by atoms with van der Waals surface area (Å²) >= 11 is 12.5. The molecule has 0 aliphatic heterocycles. The minimum Gasteiger partial charge on any atom is -0.267 e. The van der Waals surface area contributed by atoms with E-state index in [2.05, 4.69) is 10.2 Å². The van der Waals surface area contributed by atoms with Gasteiger partial charge >= 0.3 is 0 Å². The molecule has 2 aromatic heterocycles. The molecule has 0 bridgehead atoms. The number of fused-ring (bicyclic) bond motifs is 2. The number of halogens is 2. The SMILES string of the molecule is Cc1cc(Cn2nc(Cl)c3cccc(C)c3c2=O)cc2c(=O)n(C)nc(Cl)c12. The molecule has 0 saturated carbocycles. The van der Waals surface area contributed by atoms with Crippen LogP contribution in [0.5, 0.6) is 0 Å². The van der Waals surface area contributed by atoms with E-state index < -0.39 is 0 Å². The van der Waals surface area contributed by atoms with Crippen molar-refractivity contribution in [3.8, 4) is 0 Å². The highest BCUT2D eigenvalue weighted by Gasteiger charge is 2.14. The molecule has 2 heterocycles. The number of aryl methyl sites for hydroxylation is 3. The lowest BCUT2D eigenvalue weighted by atomic mass is 10.0. The van der Waals surface area contributed by atoms with Crippen LogP contribution in [0.3, 0.4) is 0 Å². The minimum atomic E-state index is -0.253. The highest BCUT2D eigenvalue weighted by atomic mass is 35.5. The zero-order chi connectivity index (χ0) is 20.2. The van der Waals surface area contributed by atoms with Crippen LogP contribution in [0.2, 0.25) is 10.3 Å². The Morgan fingerprint density at radius 2 is 1.64 bits per heavy atom. The molecule has 8 heteroatoms. The van der Waals surface area contributed by atoms with Crippen molar-refractivity contribution in [2.45, 2.75) is 20.4 Å². The summed E-state index contributed by atoms with van der Waals surface area (Å²) in [7, 11) is 1.55. The lowest BCUT2D eigenvalue weighted by Crippen LogP contribution is -2.25. The van der Waals surface area contributed by atoms with E-state index in [0.29, 0.717) is 21.5 Å². The molecule has 0 spiro atoms. The molecule has 0 saturated heterocycles. The highest BCUT2D eigenvalue weighted by Crippen LogP contribution is 2.25. The number of rotatable bonds is 2. The molecule has 0 atom stereocenters. The molecule has 0 radical (unpaired) electrons. The number of nitrogens with zero attached hydrogens (tertiary/aromatic N) is 4. The first-order valence-electron chi connectivity index (χ1n) is 8.60. The molecule has 0 aliphatic carbocycles. The lowest BCUT2D eigenvalue weighted by Gasteiger charge is -2.12. The molecule has 6 nitrogen and oxygen atoms in total. The number of hydrogen-bond donors (Lipinski definition) is 0. The van der Waals surface area contributed by atoms with Gasteiger partial charge in [-0.15, -0.1) is 0 Å². The monoisotopic (exact) mass is 414 g/mol. The van der Waals surface area contributed by atoms with Gasteiger partial charge in [0.05, 0.1) is 17.3 Å². The topological polar surface area (TPSA) is 69.8 Å². The Labute approximate surface area is 169 Å². The standard InChI is InChI=1S/C20H16Cl2N4O2/c1-10-5-4-6-13-16(10)20(28)26(24-17(13)21)9-12-7-11(2)15-14(8-12)19(27)25(3)23-18(15)22/h4-8H,9H2,1-3H3. The summed E-state index contributed by atoms with van der Waals surface area (Å²) in [6.45, 7) is 3.90. The van der Waals surface area contributed by atoms with Crippen LogP contribution < -0.4 is 11.1 Å². The van der Waals surface area contributed by atoms with E-state index in [4.69, 9.17) is 23.2 Å². The van der Waals surface area contributed by atoms with Crippen LogP contribution in [0.25, 0.3) is 21.5 Å². The smallest absolute Gasteiger partial charge is 0.267 e. The fourth-order valence-electron chi connectivity index (χ4n) is 3.54. The third kappa shape index (κ3) is 2.89. The van der Waals surface area contributed by atoms with Crippen LogP contribution in [-0.4, -0.2) is 19.6 Å². The van der Waals surface area contributed by atoms with E-state index in [-0.39, 0.29) is 28.0 Å². The van der Waals surface area contributed by atoms with Crippen LogP contribution in [0.4, 0.5) is 0 Å². The van der Waals surface area contributed by atoms with Crippen molar-refractivity contribution in [3.05, 3.63) is 78.0 Å². The van der Waals surface area contributed by atoms with Crippen molar-refractivity contribution < 1.29 is 0 Å². The second-order valence-corrected chi connectivity index (χ2v) is 7.52. The van der Waals surface area contributed by atoms with E-state index in [9.17, 15) is 9.59 Å². The van der Waals surface area contributed by atoms with Crippen molar-refractivity contribution in [3.63, 3.8) is 0 Å². The number of benzene rings is 2. The molecule has 0 unspecified atom stereocenters. The van der Waals surface area contributed by atoms with Crippen molar-refractivity contribution in [1.82, 2.24) is 19.6 Å². The number of hydrogen-bond acceptors (Lipinski definition) is 4. The largest absolute Gasteiger partial charge is 0.275 e. The quantitative estimate of drug-likeness (QED) is 0.502. The molecule has 0 amide bonds. The van der Waals surface area contributed by atoms with Crippen molar-refractivity contribution >= 4 is 44.7 Å². The predicted molar refractivity (Wildman–Crippen MR) is 112 cm³/mol. The van der Waals surface area contributed by atoms with Gasteiger partial charge in [-0.25, -0.2) is 9.36 Å². The average molecular weight is 415 g/mol. The van der Waals surface area contributed by atoms with Crippen LogP contribution in [0.1, 0.15) is 16.7 Å². The zero-order valence-electron chi connectivity index (χ0n) is 15.5. The molecule has 0 fully saturated rings. The van der Waals surface area contributed by atoms with Crippen LogP contribution in [-0.2, 0) is 13.6 Å². The van der Waals surface area contributed by atoms with Gasteiger partial charge in [0.15, 0.2) is 10.3 Å². The Morgan fingerprint density at radius 3 is 2.39 bits per heavy atom. The summed E-state index contributed by atoms with van der Waals surface area (Å²) in [5.74, 6) is 0. The van der Waals surface area contributed by atoms with E-state index >= 15 is 0 Å². The van der Waals surface area contributed by atoms with E-state index in [1.54, 1.807) is 19.2 Å². The first-order chi connectivity index (χ1) is 13.3. The Balaban J connectivity index is 1.93. The normalized spacial score (nSPS) is 11.5. The zero-order valence-corrected chi connectivity index (χ0v) is 17.0. The molecule has 4 aromatic rings. The summed E-state index contributed by atoms with van der Waals surface area (Å²) in [5, 5.41) is 11.0. The molecule has 4 rings (SSSR count). The van der Waals surface area contributed by atoms with Crippen molar-refractivity contribution in [2.24, 2.45) is 7.05 Å². The molecule has 28 heavy (non-hydrogen) atoms. The molecule has 0 N–H and O–H groups in total. The van der Waals surface area contributed by atoms with E-state index in [1.807, 2.05) is 32.0 Å². The molecular formula is C20H16Cl2N4O2. The first kappa shape index (κ1) is 18.7.